The van der Waals surface area contributed by atoms with Crippen molar-refractivity contribution in [2.24, 2.45) is 0 Å². The molecule has 0 saturated carbocycles. The fourth-order valence-corrected chi connectivity index (χ4v) is 3.41. The second kappa shape index (κ2) is 7.67. The summed E-state index contributed by atoms with van der Waals surface area (Å²) < 4.78 is 26.9. The number of hydrogen-bond donors (Lipinski definition) is 2. The van der Waals surface area contributed by atoms with Crippen LogP contribution < -0.4 is 4.72 Å². The molecule has 0 radical (unpaired) electrons. The highest BCUT2D eigenvalue weighted by atomic mass is 32.2. The molecule has 0 atom stereocenters. The molecule has 0 unspecified atom stereocenters. The van der Waals surface area contributed by atoms with Crippen molar-refractivity contribution in [1.29, 1.82) is 0 Å². The van der Waals surface area contributed by atoms with Crippen LogP contribution in [0.15, 0.2) is 12.3 Å². The highest BCUT2D eigenvalue weighted by molar-refractivity contribution is 7.88. The normalized spacial score (nSPS) is 15.4. The molecule has 0 aromatic carbocycles. The molecule has 2 aromatic heterocycles. The van der Waals surface area contributed by atoms with E-state index >= 15 is 0 Å². The fourth-order valence-electron chi connectivity index (χ4n) is 3.00. The maximum atomic E-state index is 11.2. The molecule has 3 rings (SSSR count). The van der Waals surface area contributed by atoms with Crippen molar-refractivity contribution in [3.63, 3.8) is 0 Å². The van der Waals surface area contributed by atoms with Gasteiger partial charge in [-0.1, -0.05) is 13.3 Å². The van der Waals surface area contributed by atoms with E-state index in [1.807, 2.05) is 16.9 Å². The molecular formula is C16H26N6O2S. The third-order valence-corrected chi connectivity index (χ3v) is 4.95. The van der Waals surface area contributed by atoms with Gasteiger partial charge in [-0.05, 0) is 12.5 Å². The number of aromatic amines is 1. The van der Waals surface area contributed by atoms with Crippen LogP contribution >= 0.6 is 0 Å². The average Bonchev–Trinajstić information content (AvgIpc) is 3.16. The lowest BCUT2D eigenvalue weighted by molar-refractivity contribution is 0.203. The Bertz CT molecular complexity index is 810. The van der Waals surface area contributed by atoms with Crippen LogP contribution in [0.4, 0.5) is 0 Å². The summed E-state index contributed by atoms with van der Waals surface area (Å²) in [5, 5.41) is 4.48. The third kappa shape index (κ3) is 5.13. The number of H-pyrrole nitrogens is 1. The maximum absolute atomic E-state index is 11.2. The first-order valence-electron chi connectivity index (χ1n) is 8.68. The molecule has 1 aliphatic heterocycles. The molecule has 0 fully saturated rings. The minimum absolute atomic E-state index is 0.236. The van der Waals surface area contributed by atoms with Gasteiger partial charge in [0.05, 0.1) is 30.7 Å². The topological polar surface area (TPSA) is 95.9 Å². The quantitative estimate of drug-likeness (QED) is 0.727. The van der Waals surface area contributed by atoms with E-state index in [-0.39, 0.29) is 6.54 Å². The Morgan fingerprint density at radius 3 is 2.96 bits per heavy atom. The molecule has 1 aliphatic rings. The van der Waals surface area contributed by atoms with Crippen molar-refractivity contribution < 1.29 is 8.42 Å². The summed E-state index contributed by atoms with van der Waals surface area (Å²) in [5.74, 6) is 1.06. The number of aromatic nitrogens is 4. The van der Waals surface area contributed by atoms with Gasteiger partial charge in [-0.25, -0.2) is 18.1 Å². The number of rotatable bonds is 8. The molecule has 0 spiro atoms. The van der Waals surface area contributed by atoms with Crippen molar-refractivity contribution in [2.75, 3.05) is 12.8 Å². The Hall–Kier alpha value is -1.71. The summed E-state index contributed by atoms with van der Waals surface area (Å²) in [6.07, 6.45) is 6.41. The van der Waals surface area contributed by atoms with Crippen molar-refractivity contribution in [3.8, 4) is 0 Å². The molecule has 9 heteroatoms. The van der Waals surface area contributed by atoms with Crippen molar-refractivity contribution >= 4 is 10.0 Å². The third-order valence-electron chi connectivity index (χ3n) is 4.29. The van der Waals surface area contributed by atoms with E-state index < -0.39 is 10.0 Å². The van der Waals surface area contributed by atoms with Crippen LogP contribution in [0.2, 0.25) is 0 Å². The Kier molecular flexibility index (Phi) is 5.55. The van der Waals surface area contributed by atoms with Crippen LogP contribution in [-0.4, -0.2) is 45.9 Å². The minimum Gasteiger partial charge on any atom is -0.345 e. The Morgan fingerprint density at radius 2 is 2.20 bits per heavy atom. The van der Waals surface area contributed by atoms with Crippen LogP contribution in [0.5, 0.6) is 0 Å². The van der Waals surface area contributed by atoms with Gasteiger partial charge in [-0.15, -0.1) is 0 Å². The van der Waals surface area contributed by atoms with E-state index in [1.165, 1.54) is 6.42 Å². The number of fused-ring (bicyclic) bond motifs is 1. The number of unbranched alkanes of at least 4 members (excludes halogenated alkanes) is 1. The summed E-state index contributed by atoms with van der Waals surface area (Å²) in [6, 6.07) is 1.98. The van der Waals surface area contributed by atoms with Gasteiger partial charge in [0.1, 0.15) is 5.82 Å². The number of aryl methyl sites for hydroxylation is 1. The summed E-state index contributed by atoms with van der Waals surface area (Å²) in [4.78, 5) is 10.2. The fraction of sp³-hybridized carbons (Fsp3) is 0.625. The van der Waals surface area contributed by atoms with Gasteiger partial charge in [0, 0.05) is 37.9 Å². The van der Waals surface area contributed by atoms with E-state index in [0.717, 1.165) is 68.2 Å². The predicted octanol–water partition coefficient (Wildman–Crippen LogP) is 1.01. The smallest absolute Gasteiger partial charge is 0.209 e. The number of sulfonamides is 1. The second-order valence-electron chi connectivity index (χ2n) is 6.61. The lowest BCUT2D eigenvalue weighted by Gasteiger charge is -2.26. The maximum Gasteiger partial charge on any atom is 0.209 e. The molecule has 138 valence electrons. The molecular weight excluding hydrogens is 340 g/mol. The van der Waals surface area contributed by atoms with Crippen LogP contribution in [0, 0.1) is 0 Å². The van der Waals surface area contributed by atoms with Crippen LogP contribution in [0.25, 0.3) is 0 Å². The van der Waals surface area contributed by atoms with Crippen molar-refractivity contribution in [1.82, 2.24) is 29.4 Å². The molecule has 0 aliphatic carbocycles. The largest absolute Gasteiger partial charge is 0.345 e. The average molecular weight is 366 g/mol. The first-order chi connectivity index (χ1) is 11.9. The van der Waals surface area contributed by atoms with Crippen molar-refractivity contribution in [2.45, 2.75) is 52.4 Å². The van der Waals surface area contributed by atoms with E-state index in [0.29, 0.717) is 0 Å². The predicted molar refractivity (Wildman–Crippen MR) is 95.2 cm³/mol. The molecule has 3 heterocycles. The van der Waals surface area contributed by atoms with Gasteiger partial charge in [0.25, 0.3) is 0 Å². The summed E-state index contributed by atoms with van der Waals surface area (Å²) in [5.41, 5.74) is 3.01. The van der Waals surface area contributed by atoms with Crippen molar-refractivity contribution in [3.05, 3.63) is 35.2 Å². The molecule has 8 nitrogen and oxygen atoms in total. The monoisotopic (exact) mass is 366 g/mol. The number of nitrogens with zero attached hydrogens (tertiary/aromatic N) is 4. The van der Waals surface area contributed by atoms with Gasteiger partial charge < -0.3 is 4.98 Å². The van der Waals surface area contributed by atoms with E-state index in [4.69, 9.17) is 0 Å². The van der Waals surface area contributed by atoms with Gasteiger partial charge >= 0.3 is 0 Å². The number of imidazole rings is 1. The SMILES string of the molecule is CCCCc1ncc(CN2CCn3nc(CNS(C)(=O)=O)cc3C2)[nH]1. The lowest BCUT2D eigenvalue weighted by atomic mass is 10.2. The Labute approximate surface area is 148 Å². The molecule has 2 aromatic rings. The lowest BCUT2D eigenvalue weighted by Crippen LogP contribution is -2.33. The number of nitrogens with one attached hydrogen (secondary N) is 2. The Balaban J connectivity index is 1.57. The van der Waals surface area contributed by atoms with Gasteiger partial charge in [-0.2, -0.15) is 5.10 Å². The first kappa shape index (κ1) is 18.1. The molecule has 2 N–H and O–H groups in total. The van der Waals surface area contributed by atoms with Crippen LogP contribution in [0.3, 0.4) is 0 Å². The van der Waals surface area contributed by atoms with Gasteiger partial charge in [0.15, 0.2) is 0 Å². The molecule has 25 heavy (non-hydrogen) atoms. The zero-order valence-electron chi connectivity index (χ0n) is 14.8. The highest BCUT2D eigenvalue weighted by Gasteiger charge is 2.19. The minimum atomic E-state index is -3.20. The molecule has 0 amide bonds. The standard InChI is InChI=1S/C16H26N6O2S/c1-3-4-5-16-17-9-14(19-16)11-21-6-7-22-15(12-21)8-13(20-22)10-18-25(2,23)24/h8-9,18H,3-7,10-12H2,1-2H3,(H,17,19). The van der Waals surface area contributed by atoms with Crippen LogP contribution in [0.1, 0.15) is 42.7 Å². The molecule has 0 saturated heterocycles. The zero-order chi connectivity index (χ0) is 17.9. The molecule has 0 bridgehead atoms. The summed E-state index contributed by atoms with van der Waals surface area (Å²) in [7, 11) is -3.20. The first-order valence-corrected chi connectivity index (χ1v) is 10.6. The van der Waals surface area contributed by atoms with E-state index in [2.05, 4.69) is 31.6 Å². The van der Waals surface area contributed by atoms with Gasteiger partial charge in [0.2, 0.25) is 10.0 Å². The number of hydrogen-bond acceptors (Lipinski definition) is 5. The van der Waals surface area contributed by atoms with E-state index in [9.17, 15) is 8.42 Å². The summed E-state index contributed by atoms with van der Waals surface area (Å²) in [6.45, 7) is 5.78. The van der Waals surface area contributed by atoms with Gasteiger partial charge in [-0.3, -0.25) is 9.58 Å². The zero-order valence-corrected chi connectivity index (χ0v) is 15.6. The summed E-state index contributed by atoms with van der Waals surface area (Å²) >= 11 is 0. The highest BCUT2D eigenvalue weighted by Crippen LogP contribution is 2.16. The van der Waals surface area contributed by atoms with Crippen LogP contribution in [-0.2, 0) is 42.6 Å². The Morgan fingerprint density at radius 1 is 1.36 bits per heavy atom. The van der Waals surface area contributed by atoms with E-state index in [1.54, 1.807) is 0 Å². The second-order valence-corrected chi connectivity index (χ2v) is 8.45.